The number of carbonyl (C=O) groups excluding carboxylic acids is 1. The van der Waals surface area contributed by atoms with Crippen LogP contribution in [0.2, 0.25) is 0 Å². The van der Waals surface area contributed by atoms with E-state index < -0.39 is 5.97 Å². The molecule has 0 bridgehead atoms. The van der Waals surface area contributed by atoms with E-state index >= 15 is 0 Å². The van der Waals surface area contributed by atoms with Crippen molar-refractivity contribution in [1.82, 2.24) is 15.2 Å². The van der Waals surface area contributed by atoms with Crippen LogP contribution in [0, 0.1) is 12.8 Å². The number of aryl methyl sites for hydroxylation is 1. The van der Waals surface area contributed by atoms with Gasteiger partial charge in [-0.2, -0.15) is 0 Å². The molecule has 0 saturated heterocycles. The Morgan fingerprint density at radius 3 is 2.80 bits per heavy atom. The molecule has 1 aromatic rings. The van der Waals surface area contributed by atoms with Gasteiger partial charge in [0.1, 0.15) is 0 Å². The van der Waals surface area contributed by atoms with Crippen molar-refractivity contribution in [2.24, 2.45) is 5.92 Å². The Bertz CT molecular complexity index is 461. The molecular weight excluding hydrogens is 278 g/mol. The van der Waals surface area contributed by atoms with Crippen LogP contribution >= 0.6 is 11.3 Å². The number of aromatic nitrogens is 1. The zero-order chi connectivity index (χ0) is 15.1. The molecule has 1 atom stereocenters. The number of nitrogens with one attached hydrogen (secondary N) is 1. The summed E-state index contributed by atoms with van der Waals surface area (Å²) in [5.74, 6) is -1.17. The molecule has 112 valence electrons. The number of amides is 2. The van der Waals surface area contributed by atoms with Gasteiger partial charge in [-0.25, -0.2) is 9.78 Å². The highest BCUT2D eigenvalue weighted by Gasteiger charge is 2.12. The Balaban J connectivity index is 2.23. The number of thiazole rings is 1. The van der Waals surface area contributed by atoms with E-state index in [0.29, 0.717) is 25.9 Å². The largest absolute Gasteiger partial charge is 0.481 e. The van der Waals surface area contributed by atoms with Crippen molar-refractivity contribution >= 4 is 23.3 Å². The second kappa shape index (κ2) is 7.84. The summed E-state index contributed by atoms with van der Waals surface area (Å²) in [6.45, 7) is 4.55. The second-order valence-corrected chi connectivity index (χ2v) is 5.89. The molecule has 2 N–H and O–H groups in total. The highest BCUT2D eigenvalue weighted by atomic mass is 32.1. The van der Waals surface area contributed by atoms with Crippen molar-refractivity contribution in [3.63, 3.8) is 0 Å². The molecule has 1 heterocycles. The zero-order valence-corrected chi connectivity index (χ0v) is 12.9. The summed E-state index contributed by atoms with van der Waals surface area (Å²) in [6, 6.07) is -0.168. The fourth-order valence-corrected chi connectivity index (χ4v) is 2.26. The van der Waals surface area contributed by atoms with Crippen LogP contribution in [0.3, 0.4) is 0 Å². The number of carboxylic acid groups (broad SMARTS) is 1. The van der Waals surface area contributed by atoms with Crippen LogP contribution in [0.4, 0.5) is 4.79 Å². The number of urea groups is 1. The molecule has 7 heteroatoms. The first kappa shape index (κ1) is 16.4. The van der Waals surface area contributed by atoms with Gasteiger partial charge in [0.2, 0.25) is 0 Å². The minimum Gasteiger partial charge on any atom is -0.481 e. The number of carbonyl (C=O) groups is 2. The van der Waals surface area contributed by atoms with Crippen LogP contribution in [0.15, 0.2) is 5.38 Å². The number of nitrogens with zero attached hydrogens (tertiary/aromatic N) is 2. The first-order valence-electron chi connectivity index (χ1n) is 6.53. The summed E-state index contributed by atoms with van der Waals surface area (Å²) >= 11 is 1.56. The molecule has 0 aromatic carbocycles. The van der Waals surface area contributed by atoms with Crippen molar-refractivity contribution in [2.75, 3.05) is 13.6 Å². The molecule has 0 radical (unpaired) electrons. The van der Waals surface area contributed by atoms with Gasteiger partial charge in [0.05, 0.1) is 23.2 Å². The van der Waals surface area contributed by atoms with Crippen molar-refractivity contribution in [2.45, 2.75) is 33.2 Å². The van der Waals surface area contributed by atoms with Crippen molar-refractivity contribution in [3.8, 4) is 0 Å². The monoisotopic (exact) mass is 299 g/mol. The molecule has 1 unspecified atom stereocenters. The van der Waals surface area contributed by atoms with Gasteiger partial charge in [-0.15, -0.1) is 11.3 Å². The molecule has 0 saturated carbocycles. The molecule has 0 spiro atoms. The van der Waals surface area contributed by atoms with E-state index in [1.807, 2.05) is 12.3 Å². The Hall–Kier alpha value is -1.63. The number of hydrogen-bond acceptors (Lipinski definition) is 4. The van der Waals surface area contributed by atoms with Crippen LogP contribution in [-0.2, 0) is 11.3 Å². The number of rotatable bonds is 7. The lowest BCUT2D eigenvalue weighted by atomic mass is 10.1. The lowest BCUT2D eigenvalue weighted by molar-refractivity contribution is -0.141. The van der Waals surface area contributed by atoms with Crippen LogP contribution in [-0.4, -0.2) is 40.6 Å². The minimum atomic E-state index is -0.799. The van der Waals surface area contributed by atoms with Crippen molar-refractivity contribution < 1.29 is 14.7 Å². The third-order valence-electron chi connectivity index (χ3n) is 2.92. The van der Waals surface area contributed by atoms with Crippen LogP contribution in [0.5, 0.6) is 0 Å². The van der Waals surface area contributed by atoms with Gasteiger partial charge >= 0.3 is 12.0 Å². The number of carboxylic acids is 1. The van der Waals surface area contributed by atoms with Crippen LogP contribution < -0.4 is 5.32 Å². The number of hydrogen-bond donors (Lipinski definition) is 2. The lowest BCUT2D eigenvalue weighted by Gasteiger charge is -2.17. The lowest BCUT2D eigenvalue weighted by Crippen LogP contribution is -2.37. The molecule has 1 rings (SSSR count). The van der Waals surface area contributed by atoms with Crippen molar-refractivity contribution in [3.05, 3.63) is 16.1 Å². The average Bonchev–Trinajstić information content (AvgIpc) is 2.79. The van der Waals surface area contributed by atoms with E-state index in [-0.39, 0.29) is 11.9 Å². The smallest absolute Gasteiger partial charge is 0.317 e. The standard InChI is InChI=1S/C13H21N3O3S/c1-9(12(17)18)5-4-6-14-13(19)16(3)7-11-8-20-10(2)15-11/h8-9H,4-7H2,1-3H3,(H,14,19)(H,17,18). The van der Waals surface area contributed by atoms with Crippen LogP contribution in [0.25, 0.3) is 0 Å². The van der Waals surface area contributed by atoms with Crippen molar-refractivity contribution in [1.29, 1.82) is 0 Å². The van der Waals surface area contributed by atoms with E-state index in [9.17, 15) is 9.59 Å². The van der Waals surface area contributed by atoms with Gasteiger partial charge in [-0.3, -0.25) is 4.79 Å². The molecule has 20 heavy (non-hydrogen) atoms. The molecule has 0 aliphatic rings. The van der Waals surface area contributed by atoms with Gasteiger partial charge < -0.3 is 15.3 Å². The van der Waals surface area contributed by atoms with Gasteiger partial charge in [0, 0.05) is 19.0 Å². The van der Waals surface area contributed by atoms with Gasteiger partial charge in [0.25, 0.3) is 0 Å². The Labute approximate surface area is 122 Å². The first-order chi connectivity index (χ1) is 9.40. The highest BCUT2D eigenvalue weighted by Crippen LogP contribution is 2.09. The third kappa shape index (κ3) is 5.56. The number of aliphatic carboxylic acids is 1. The SMILES string of the molecule is Cc1nc(CN(C)C(=O)NCCCC(C)C(=O)O)cs1. The summed E-state index contributed by atoms with van der Waals surface area (Å²) in [7, 11) is 1.71. The molecule has 2 amide bonds. The topological polar surface area (TPSA) is 82.5 Å². The van der Waals surface area contributed by atoms with E-state index in [0.717, 1.165) is 10.7 Å². The fraction of sp³-hybridized carbons (Fsp3) is 0.615. The summed E-state index contributed by atoms with van der Waals surface area (Å²) in [6.07, 6.45) is 1.22. The summed E-state index contributed by atoms with van der Waals surface area (Å²) in [5.41, 5.74) is 0.879. The zero-order valence-electron chi connectivity index (χ0n) is 12.0. The maximum atomic E-state index is 11.8. The quantitative estimate of drug-likeness (QED) is 0.755. The summed E-state index contributed by atoms with van der Waals surface area (Å²) < 4.78 is 0. The summed E-state index contributed by atoms with van der Waals surface area (Å²) in [4.78, 5) is 28.3. The maximum Gasteiger partial charge on any atom is 0.317 e. The maximum absolute atomic E-state index is 11.8. The molecular formula is C13H21N3O3S. The van der Waals surface area contributed by atoms with Gasteiger partial charge in [-0.1, -0.05) is 6.92 Å². The van der Waals surface area contributed by atoms with E-state index in [4.69, 9.17) is 5.11 Å². The minimum absolute atomic E-state index is 0.168. The van der Waals surface area contributed by atoms with Gasteiger partial charge in [-0.05, 0) is 19.8 Å². The molecule has 6 nitrogen and oxygen atoms in total. The predicted molar refractivity (Wildman–Crippen MR) is 77.8 cm³/mol. The fourth-order valence-electron chi connectivity index (χ4n) is 1.66. The Kier molecular flexibility index (Phi) is 6.44. The molecule has 0 aliphatic carbocycles. The van der Waals surface area contributed by atoms with Gasteiger partial charge in [0.15, 0.2) is 0 Å². The van der Waals surface area contributed by atoms with E-state index in [1.165, 1.54) is 0 Å². The summed E-state index contributed by atoms with van der Waals surface area (Å²) in [5, 5.41) is 14.4. The third-order valence-corrected chi connectivity index (χ3v) is 3.75. The van der Waals surface area contributed by atoms with E-state index in [2.05, 4.69) is 10.3 Å². The first-order valence-corrected chi connectivity index (χ1v) is 7.41. The average molecular weight is 299 g/mol. The molecule has 0 fully saturated rings. The Morgan fingerprint density at radius 2 is 2.25 bits per heavy atom. The highest BCUT2D eigenvalue weighted by molar-refractivity contribution is 7.09. The molecule has 1 aromatic heterocycles. The predicted octanol–water partition coefficient (Wildman–Crippen LogP) is 2.09. The van der Waals surface area contributed by atoms with Crippen LogP contribution in [0.1, 0.15) is 30.5 Å². The second-order valence-electron chi connectivity index (χ2n) is 4.83. The molecule has 0 aliphatic heterocycles. The normalized spacial score (nSPS) is 11.9. The van der Waals surface area contributed by atoms with E-state index in [1.54, 1.807) is 30.2 Å². The Morgan fingerprint density at radius 1 is 1.55 bits per heavy atom.